The maximum atomic E-state index is 13.4. The summed E-state index contributed by atoms with van der Waals surface area (Å²) in [5, 5.41) is 13.7. The summed E-state index contributed by atoms with van der Waals surface area (Å²) in [4.78, 5) is 30.2. The Morgan fingerprint density at radius 3 is 2.77 bits per heavy atom. The maximum Gasteiger partial charge on any atom is 0.259 e. The fraction of sp³-hybridized carbons (Fsp3) is 0.440. The van der Waals surface area contributed by atoms with E-state index in [9.17, 15) is 9.90 Å². The summed E-state index contributed by atoms with van der Waals surface area (Å²) in [6, 6.07) is 4.00. The predicted octanol–water partition coefficient (Wildman–Crippen LogP) is 4.14. The molecule has 0 unspecified atom stereocenters. The fourth-order valence-corrected chi connectivity index (χ4v) is 6.12. The average Bonchev–Trinajstić information content (AvgIpc) is 3.25. The molecule has 2 aliphatic rings. The number of rotatable bonds is 5. The summed E-state index contributed by atoms with van der Waals surface area (Å²) in [5.41, 5.74) is 3.60. The number of aryl methyl sites for hydroxylation is 2. The third kappa shape index (κ3) is 5.18. The second kappa shape index (κ2) is 10.2. The third-order valence-corrected chi connectivity index (χ3v) is 8.02. The molecular weight excluding hydrogens is 486 g/mol. The lowest BCUT2D eigenvalue weighted by atomic mass is 9.94. The van der Waals surface area contributed by atoms with Crippen molar-refractivity contribution in [2.75, 3.05) is 25.5 Å². The van der Waals surface area contributed by atoms with Crippen molar-refractivity contribution < 1.29 is 14.6 Å². The second-order valence-corrected chi connectivity index (χ2v) is 10.6. The molecule has 1 fully saturated rings. The Kier molecular flexibility index (Phi) is 7.02. The summed E-state index contributed by atoms with van der Waals surface area (Å²) in [5.74, 6) is 0.241. The van der Waals surface area contributed by atoms with Crippen LogP contribution in [-0.2, 0) is 12.8 Å². The van der Waals surface area contributed by atoms with E-state index in [1.165, 1.54) is 4.88 Å². The molecule has 1 amide bonds. The van der Waals surface area contributed by atoms with E-state index in [1.807, 2.05) is 13.0 Å². The molecule has 3 aromatic rings. The summed E-state index contributed by atoms with van der Waals surface area (Å²) in [7, 11) is 1.56. The van der Waals surface area contributed by atoms with Gasteiger partial charge in [0.15, 0.2) is 5.13 Å². The number of thiazole rings is 1. The monoisotopic (exact) mass is 513 g/mol. The molecule has 0 aromatic carbocycles. The first-order chi connectivity index (χ1) is 16.9. The van der Waals surface area contributed by atoms with Crippen LogP contribution >= 0.6 is 22.9 Å². The van der Waals surface area contributed by atoms with Crippen molar-refractivity contribution in [2.45, 2.75) is 51.2 Å². The highest BCUT2D eigenvalue weighted by molar-refractivity contribution is 7.15. The topological polar surface area (TPSA) is 100 Å². The van der Waals surface area contributed by atoms with E-state index in [1.54, 1.807) is 36.9 Å². The van der Waals surface area contributed by atoms with Crippen molar-refractivity contribution >= 4 is 34.0 Å². The summed E-state index contributed by atoms with van der Waals surface area (Å²) in [6.45, 7) is 3.75. The molecule has 1 atom stereocenters. The van der Waals surface area contributed by atoms with Crippen LogP contribution in [0.5, 0.6) is 5.75 Å². The number of aliphatic hydroxyl groups excluding tert-OH is 1. The first-order valence-electron chi connectivity index (χ1n) is 11.8. The number of methoxy groups -OCH3 is 1. The molecule has 3 aromatic heterocycles. The van der Waals surface area contributed by atoms with Crippen LogP contribution < -0.4 is 10.1 Å². The van der Waals surface area contributed by atoms with Gasteiger partial charge in [-0.15, -0.1) is 11.3 Å². The van der Waals surface area contributed by atoms with Gasteiger partial charge in [-0.3, -0.25) is 20.0 Å². The molecule has 4 heterocycles. The molecular formula is C25H28ClN5O3S. The molecule has 5 rings (SSSR count). The molecule has 184 valence electrons. The third-order valence-electron chi connectivity index (χ3n) is 6.78. The molecule has 35 heavy (non-hydrogen) atoms. The Bertz CT molecular complexity index is 1240. The van der Waals surface area contributed by atoms with Crippen LogP contribution in [0.2, 0.25) is 5.15 Å². The van der Waals surface area contributed by atoms with Crippen molar-refractivity contribution in [3.8, 4) is 16.9 Å². The van der Waals surface area contributed by atoms with Crippen molar-refractivity contribution in [2.24, 2.45) is 0 Å². The fourth-order valence-electron chi connectivity index (χ4n) is 4.89. The largest absolute Gasteiger partial charge is 0.494 e. The van der Waals surface area contributed by atoms with E-state index in [4.69, 9.17) is 21.3 Å². The minimum Gasteiger partial charge on any atom is -0.494 e. The van der Waals surface area contributed by atoms with E-state index in [0.29, 0.717) is 38.8 Å². The van der Waals surface area contributed by atoms with Gasteiger partial charge in [-0.1, -0.05) is 11.6 Å². The van der Waals surface area contributed by atoms with Gasteiger partial charge in [-0.2, -0.15) is 0 Å². The zero-order chi connectivity index (χ0) is 24.5. The number of pyridine rings is 2. The van der Waals surface area contributed by atoms with E-state index in [2.05, 4.69) is 20.2 Å². The first-order valence-corrected chi connectivity index (χ1v) is 13.0. The molecule has 1 aliphatic carbocycles. The van der Waals surface area contributed by atoms with Gasteiger partial charge < -0.3 is 9.84 Å². The van der Waals surface area contributed by atoms with Gasteiger partial charge in [-0.05, 0) is 51.2 Å². The van der Waals surface area contributed by atoms with Crippen molar-refractivity contribution in [1.29, 1.82) is 0 Å². The van der Waals surface area contributed by atoms with E-state index in [-0.39, 0.29) is 12.0 Å². The standard InChI is InChI=1S/C25H28ClN5O3S/c1-14-9-17(18-11-23(26)28-13-21(18)34-2)19(12-27-14)24(33)30-25-29-20-4-3-15(10-22(20)35-25)31-7-5-16(32)6-8-31/h9,11-13,15-16,32H,3-8,10H2,1-2H3,(H,29,30,33)/t15-/m1/s1. The Morgan fingerprint density at radius 2 is 2.00 bits per heavy atom. The van der Waals surface area contributed by atoms with Gasteiger partial charge in [0.05, 0.1) is 30.7 Å². The Morgan fingerprint density at radius 1 is 1.20 bits per heavy atom. The number of hydrogen-bond donors (Lipinski definition) is 2. The first kappa shape index (κ1) is 24.1. The maximum absolute atomic E-state index is 13.4. The van der Waals surface area contributed by atoms with Gasteiger partial charge in [0.25, 0.3) is 5.91 Å². The van der Waals surface area contributed by atoms with Crippen LogP contribution in [0.1, 0.15) is 45.9 Å². The van der Waals surface area contributed by atoms with E-state index in [0.717, 1.165) is 56.6 Å². The molecule has 2 N–H and O–H groups in total. The SMILES string of the molecule is COc1cnc(Cl)cc1-c1cc(C)ncc1C(=O)Nc1nc2c(s1)C[C@H](N1CCC(O)CC1)CC2. The number of ether oxygens (including phenoxy) is 1. The summed E-state index contributed by atoms with van der Waals surface area (Å²) >= 11 is 7.70. The molecule has 8 nitrogen and oxygen atoms in total. The minimum absolute atomic E-state index is 0.167. The zero-order valence-electron chi connectivity index (χ0n) is 19.8. The highest BCUT2D eigenvalue weighted by atomic mass is 35.5. The van der Waals surface area contributed by atoms with Gasteiger partial charge in [-0.25, -0.2) is 9.97 Å². The lowest BCUT2D eigenvalue weighted by molar-refractivity contribution is 0.0572. The number of carbonyl (C=O) groups is 1. The molecule has 0 saturated carbocycles. The summed E-state index contributed by atoms with van der Waals surface area (Å²) in [6.07, 6.45) is 7.51. The Balaban J connectivity index is 1.36. The Hall–Kier alpha value is -2.59. The molecule has 1 saturated heterocycles. The number of halogens is 1. The molecule has 10 heteroatoms. The highest BCUT2D eigenvalue weighted by Crippen LogP contribution is 2.36. The number of anilines is 1. The van der Waals surface area contributed by atoms with Gasteiger partial charge >= 0.3 is 0 Å². The summed E-state index contributed by atoms with van der Waals surface area (Å²) < 4.78 is 5.47. The number of fused-ring (bicyclic) bond motifs is 1. The number of piperidine rings is 1. The number of amides is 1. The average molecular weight is 514 g/mol. The van der Waals surface area contributed by atoms with Gasteiger partial charge in [0.1, 0.15) is 10.9 Å². The zero-order valence-corrected chi connectivity index (χ0v) is 21.3. The van der Waals surface area contributed by atoms with Crippen LogP contribution in [-0.4, -0.2) is 63.2 Å². The van der Waals surface area contributed by atoms with Crippen LogP contribution in [0.15, 0.2) is 24.5 Å². The van der Waals surface area contributed by atoms with E-state index < -0.39 is 0 Å². The normalized spacial score (nSPS) is 18.8. The van der Waals surface area contributed by atoms with E-state index >= 15 is 0 Å². The highest BCUT2D eigenvalue weighted by Gasteiger charge is 2.30. The number of nitrogens with one attached hydrogen (secondary N) is 1. The number of aliphatic hydroxyl groups is 1. The molecule has 0 bridgehead atoms. The Labute approximate surface area is 213 Å². The van der Waals surface area contributed by atoms with Crippen LogP contribution in [0.25, 0.3) is 11.1 Å². The second-order valence-electron chi connectivity index (χ2n) is 9.09. The smallest absolute Gasteiger partial charge is 0.259 e. The van der Waals surface area contributed by atoms with Crippen molar-refractivity contribution in [1.82, 2.24) is 19.9 Å². The van der Waals surface area contributed by atoms with Crippen LogP contribution in [0.4, 0.5) is 5.13 Å². The van der Waals surface area contributed by atoms with Crippen molar-refractivity contribution in [3.05, 3.63) is 51.5 Å². The number of aromatic nitrogens is 3. The predicted molar refractivity (Wildman–Crippen MR) is 136 cm³/mol. The van der Waals surface area contributed by atoms with Crippen molar-refractivity contribution in [3.63, 3.8) is 0 Å². The van der Waals surface area contributed by atoms with Crippen LogP contribution in [0, 0.1) is 6.92 Å². The van der Waals surface area contributed by atoms with Gasteiger partial charge in [0.2, 0.25) is 0 Å². The number of likely N-dealkylation sites (tertiary alicyclic amines) is 1. The number of carbonyl (C=O) groups excluding carboxylic acids is 1. The lowest BCUT2D eigenvalue weighted by Gasteiger charge is -2.37. The lowest BCUT2D eigenvalue weighted by Crippen LogP contribution is -2.45. The quantitative estimate of drug-likeness (QED) is 0.494. The molecule has 0 spiro atoms. The number of nitrogens with zero attached hydrogens (tertiary/aromatic N) is 4. The number of hydrogen-bond acceptors (Lipinski definition) is 8. The molecule has 0 radical (unpaired) electrons. The molecule has 1 aliphatic heterocycles. The minimum atomic E-state index is -0.282. The van der Waals surface area contributed by atoms with Gasteiger partial charge in [0, 0.05) is 47.0 Å². The van der Waals surface area contributed by atoms with Crippen LogP contribution in [0.3, 0.4) is 0 Å².